The number of ether oxygens (including phenoxy) is 9. The van der Waals surface area contributed by atoms with Gasteiger partial charge < -0.3 is 51.5 Å². The number of hydrogen-bond acceptors (Lipinski definition) is 15. The minimum absolute atomic E-state index is 0.116. The van der Waals surface area contributed by atoms with Gasteiger partial charge in [-0.15, -0.1) is 0 Å². The third-order valence-corrected chi connectivity index (χ3v) is 17.1. The van der Waals surface area contributed by atoms with Crippen LogP contribution in [0.5, 0.6) is 0 Å². The Labute approximate surface area is 392 Å². The highest BCUT2D eigenvalue weighted by Gasteiger charge is 2.68. The molecule has 10 atom stereocenters. The van der Waals surface area contributed by atoms with Gasteiger partial charge in [0.15, 0.2) is 30.9 Å². The van der Waals surface area contributed by atoms with E-state index >= 15 is 0 Å². The van der Waals surface area contributed by atoms with Crippen LogP contribution < -0.4 is 0 Å². The molecule has 358 valence electrons. The third kappa shape index (κ3) is 11.4. The second-order valence-electron chi connectivity index (χ2n) is 18.7. The van der Waals surface area contributed by atoms with Gasteiger partial charge in [-0.2, -0.15) is 0 Å². The summed E-state index contributed by atoms with van der Waals surface area (Å²) in [5, 5.41) is -0.970. The van der Waals surface area contributed by atoms with Gasteiger partial charge in [0.25, 0.3) is 0 Å². The molecule has 67 heavy (non-hydrogen) atoms. The summed E-state index contributed by atoms with van der Waals surface area (Å²) in [5.74, 6) is -2.82. The van der Waals surface area contributed by atoms with E-state index in [1.165, 1.54) is 14.0 Å². The molecule has 0 spiro atoms. The van der Waals surface area contributed by atoms with Crippen molar-refractivity contribution in [2.75, 3.05) is 20.3 Å². The quantitative estimate of drug-likeness (QED) is 0.0644. The van der Waals surface area contributed by atoms with Crippen molar-refractivity contribution in [1.29, 1.82) is 0 Å². The van der Waals surface area contributed by atoms with Gasteiger partial charge >= 0.3 is 32.4 Å². The van der Waals surface area contributed by atoms with Crippen LogP contribution in [0.4, 0.5) is 0 Å². The summed E-state index contributed by atoms with van der Waals surface area (Å²) < 4.78 is 70.8. The van der Waals surface area contributed by atoms with Crippen LogP contribution in [0.15, 0.2) is 121 Å². The summed E-state index contributed by atoms with van der Waals surface area (Å²) in [6.45, 7) is 13.5. The molecule has 3 aliphatic rings. The Morgan fingerprint density at radius 2 is 1.00 bits per heavy atom. The smallest absolute Gasteiger partial charge is 0.350 e. The van der Waals surface area contributed by atoms with E-state index in [-0.39, 0.29) is 36.5 Å². The van der Waals surface area contributed by atoms with Gasteiger partial charge in [0.05, 0.1) is 29.9 Å². The molecule has 0 bridgehead atoms. The maximum atomic E-state index is 14.0. The number of esters is 4. The summed E-state index contributed by atoms with van der Waals surface area (Å²) in [6, 6.07) is 34.3. The van der Waals surface area contributed by atoms with Crippen molar-refractivity contribution in [3.05, 3.63) is 144 Å². The van der Waals surface area contributed by atoms with E-state index < -0.39 is 104 Å². The molecular formula is C51H60O15Si. The van der Waals surface area contributed by atoms with Gasteiger partial charge in [0, 0.05) is 24.1 Å². The zero-order valence-corrected chi connectivity index (χ0v) is 40.1. The fraction of sp³-hybridized carbons (Fsp3) is 0.451. The zero-order chi connectivity index (χ0) is 47.9. The summed E-state index contributed by atoms with van der Waals surface area (Å²) >= 11 is 0. The van der Waals surface area contributed by atoms with Gasteiger partial charge in [-0.1, -0.05) is 126 Å². The van der Waals surface area contributed by atoms with Crippen LogP contribution in [-0.2, 0) is 62.9 Å². The Hall–Kier alpha value is -5.30. The highest BCUT2D eigenvalue weighted by Crippen LogP contribution is 2.57. The lowest BCUT2D eigenvalue weighted by molar-refractivity contribution is -0.303. The van der Waals surface area contributed by atoms with Crippen molar-refractivity contribution in [2.45, 2.75) is 127 Å². The van der Waals surface area contributed by atoms with E-state index in [9.17, 15) is 19.2 Å². The lowest BCUT2D eigenvalue weighted by Gasteiger charge is -2.55. The van der Waals surface area contributed by atoms with Gasteiger partial charge in [0.2, 0.25) is 0 Å². The highest BCUT2D eigenvalue weighted by atomic mass is 28.4. The van der Waals surface area contributed by atoms with Crippen molar-refractivity contribution in [3.8, 4) is 0 Å². The maximum absolute atomic E-state index is 14.0. The van der Waals surface area contributed by atoms with Crippen LogP contribution in [-0.4, -0.2) is 114 Å². The minimum atomic E-state index is -3.31. The van der Waals surface area contributed by atoms with Crippen LogP contribution in [0.25, 0.3) is 0 Å². The first-order valence-corrected chi connectivity index (χ1v) is 24.2. The van der Waals surface area contributed by atoms with E-state index in [1.54, 1.807) is 91.0 Å². The first kappa shape index (κ1) is 49.6. The van der Waals surface area contributed by atoms with E-state index in [0.29, 0.717) is 0 Å². The molecule has 0 aromatic heterocycles. The number of benzene rings is 4. The average Bonchev–Trinajstić information content (AvgIpc) is 3.67. The monoisotopic (exact) mass is 940 g/mol. The molecule has 4 aromatic carbocycles. The molecule has 15 nitrogen and oxygen atoms in total. The largest absolute Gasteiger partial charge is 0.463 e. The molecular weight excluding hydrogens is 881 g/mol. The predicted molar refractivity (Wildman–Crippen MR) is 244 cm³/mol. The van der Waals surface area contributed by atoms with Crippen LogP contribution in [0.2, 0.25) is 10.1 Å². The Kier molecular flexibility index (Phi) is 15.8. The molecule has 3 aliphatic heterocycles. The zero-order valence-electron chi connectivity index (χ0n) is 39.1. The molecule has 7 rings (SSSR count). The highest BCUT2D eigenvalue weighted by molar-refractivity contribution is 6.73. The predicted octanol–water partition coefficient (Wildman–Crippen LogP) is 7.75. The van der Waals surface area contributed by atoms with Crippen LogP contribution in [0, 0.1) is 0 Å². The summed E-state index contributed by atoms with van der Waals surface area (Å²) in [7, 11) is -1.97. The second-order valence-corrected chi connectivity index (χ2v) is 23.4. The normalized spacial score (nSPS) is 27.0. The van der Waals surface area contributed by atoms with Crippen molar-refractivity contribution >= 4 is 32.4 Å². The second kappa shape index (κ2) is 21.3. The molecule has 0 saturated carbocycles. The topological polar surface area (TPSA) is 170 Å². The first-order chi connectivity index (χ1) is 32.0. The molecule has 0 aliphatic carbocycles. The van der Waals surface area contributed by atoms with Crippen LogP contribution >= 0.6 is 0 Å². The molecule has 0 unspecified atom stereocenters. The molecule has 0 amide bonds. The number of rotatable bonds is 15. The number of methoxy groups -OCH3 is 1. The summed E-state index contributed by atoms with van der Waals surface area (Å²) in [5.41, 5.74) is 1.47. The molecule has 16 heteroatoms. The van der Waals surface area contributed by atoms with Crippen molar-refractivity contribution < 1.29 is 70.7 Å². The summed E-state index contributed by atoms with van der Waals surface area (Å²) in [4.78, 5) is 54.0. The molecule has 0 radical (unpaired) electrons. The molecule has 3 saturated heterocycles. The Bertz CT molecular complexity index is 2250. The molecule has 3 heterocycles. The average molecular weight is 941 g/mol. The van der Waals surface area contributed by atoms with E-state index in [2.05, 4.69) is 41.5 Å². The summed E-state index contributed by atoms with van der Waals surface area (Å²) in [6.07, 6.45) is -11.5. The Balaban J connectivity index is 1.26. The van der Waals surface area contributed by atoms with E-state index in [0.717, 1.165) is 5.56 Å². The Morgan fingerprint density at radius 1 is 0.522 bits per heavy atom. The lowest BCUT2D eigenvalue weighted by Crippen LogP contribution is -2.68. The minimum Gasteiger partial charge on any atom is -0.463 e. The SMILES string of the molecule is CO[C@H]1O[C@H](CO[C@@H]2O[C@@H]3[C@H](O[Si](C(C)(C)C)(C(C)(C)C)O[C@@H]3COC(C)=O)[C@H]2OCc2ccccc2)[C@@H](OC(=O)c2ccccc2)[C@H](OC(=O)c2ccccc2)[C@@H]1OC(=O)c1ccccc1. The van der Waals surface area contributed by atoms with Crippen molar-refractivity contribution in [2.24, 2.45) is 0 Å². The van der Waals surface area contributed by atoms with Gasteiger partial charge in [-0.3, -0.25) is 4.79 Å². The maximum Gasteiger partial charge on any atom is 0.350 e. The fourth-order valence-corrected chi connectivity index (χ4v) is 13.9. The number of carbonyl (C=O) groups excluding carboxylic acids is 4. The first-order valence-electron chi connectivity index (χ1n) is 22.4. The standard InChI is InChI=1S/C51H60O15Si/c1-32(52)57-31-38-40-42(66-67(65-38,50(2,3)4)51(5,6)7)43(58-29-33-21-13-9-14-22-33)49(64-40)59-30-37-39(61-45(53)34-23-15-10-16-24-34)41(62-46(54)35-25-17-11-18-26-35)44(48(56-8)60-37)63-47(55)36-27-19-12-20-28-36/h9-28,37-44,48-49H,29-31H2,1-8H3/t37-,38-,39-,40+,41+,42+,43-,44+,48+,49-/m1/s1. The van der Waals surface area contributed by atoms with Gasteiger partial charge in [-0.25, -0.2) is 14.4 Å². The molecule has 4 aromatic rings. The van der Waals surface area contributed by atoms with E-state index in [1.807, 2.05) is 30.3 Å². The van der Waals surface area contributed by atoms with Gasteiger partial charge in [-0.05, 0) is 42.0 Å². The van der Waals surface area contributed by atoms with Crippen LogP contribution in [0.1, 0.15) is 85.1 Å². The molecule has 3 fully saturated rings. The van der Waals surface area contributed by atoms with E-state index in [4.69, 9.17) is 51.5 Å². The van der Waals surface area contributed by atoms with Crippen molar-refractivity contribution in [3.63, 3.8) is 0 Å². The number of hydrogen-bond donors (Lipinski definition) is 0. The number of carbonyl (C=O) groups is 4. The van der Waals surface area contributed by atoms with Gasteiger partial charge in [0.1, 0.15) is 37.1 Å². The lowest BCUT2D eigenvalue weighted by atomic mass is 9.97. The van der Waals surface area contributed by atoms with Crippen molar-refractivity contribution in [1.82, 2.24) is 0 Å². The fourth-order valence-electron chi connectivity index (χ4n) is 8.91. The number of fused-ring (bicyclic) bond motifs is 1. The Morgan fingerprint density at radius 3 is 1.48 bits per heavy atom. The molecule has 0 N–H and O–H groups in total. The van der Waals surface area contributed by atoms with Crippen LogP contribution in [0.3, 0.4) is 0 Å². The third-order valence-electron chi connectivity index (χ3n) is 11.9.